The van der Waals surface area contributed by atoms with Gasteiger partial charge in [0.1, 0.15) is 0 Å². The lowest BCUT2D eigenvalue weighted by atomic mass is 9.65. The van der Waals surface area contributed by atoms with Gasteiger partial charge in [-0.3, -0.25) is 9.59 Å². The van der Waals surface area contributed by atoms with Gasteiger partial charge in [0.25, 0.3) is 6.47 Å². The zero-order chi connectivity index (χ0) is 26.5. The van der Waals surface area contributed by atoms with Gasteiger partial charge in [-0.25, -0.2) is 0 Å². The van der Waals surface area contributed by atoms with Gasteiger partial charge < -0.3 is 34.1 Å². The van der Waals surface area contributed by atoms with Gasteiger partial charge in [0.15, 0.2) is 23.0 Å². The molecular weight excluding hydrogens is 546 g/mol. The van der Waals surface area contributed by atoms with Crippen molar-refractivity contribution in [1.29, 1.82) is 0 Å². The maximum absolute atomic E-state index is 13.0. The van der Waals surface area contributed by atoms with Crippen LogP contribution in [-0.2, 0) is 14.3 Å². The summed E-state index contributed by atoms with van der Waals surface area (Å²) in [5, 5.41) is 14.5. The fourth-order valence-electron chi connectivity index (χ4n) is 5.36. The number of benzene rings is 2. The van der Waals surface area contributed by atoms with E-state index in [-0.39, 0.29) is 54.3 Å². The molecule has 0 spiro atoms. The number of halogens is 1. The number of rotatable bonds is 11. The van der Waals surface area contributed by atoms with E-state index in [4.69, 9.17) is 23.7 Å². The number of phenols is 1. The van der Waals surface area contributed by atoms with Gasteiger partial charge in [-0.15, -0.1) is 0 Å². The van der Waals surface area contributed by atoms with E-state index >= 15 is 0 Å². The average molecular weight is 578 g/mol. The molecule has 2 aliphatic rings. The van der Waals surface area contributed by atoms with Gasteiger partial charge in [-0.2, -0.15) is 0 Å². The maximum atomic E-state index is 13.0. The molecule has 2 N–H and O–H groups in total. The molecule has 9 nitrogen and oxygen atoms in total. The van der Waals surface area contributed by atoms with Gasteiger partial charge in [0.05, 0.1) is 26.9 Å². The number of phenolic OH excluding ortho intramolecular Hbond substituents is 1. The van der Waals surface area contributed by atoms with E-state index in [1.54, 1.807) is 12.1 Å². The largest absolute Gasteiger partial charge is 0.502 e. The van der Waals surface area contributed by atoms with Crippen LogP contribution >= 0.6 is 15.9 Å². The predicted octanol–water partition coefficient (Wildman–Crippen LogP) is 4.43. The molecule has 0 aromatic heterocycles. The Bertz CT molecular complexity index is 1110. The highest BCUT2D eigenvalue weighted by atomic mass is 79.9. The smallest absolute Gasteiger partial charge is 0.293 e. The van der Waals surface area contributed by atoms with Gasteiger partial charge in [0.2, 0.25) is 18.4 Å². The Morgan fingerprint density at radius 1 is 1.11 bits per heavy atom. The van der Waals surface area contributed by atoms with Gasteiger partial charge in [0, 0.05) is 23.6 Å². The minimum atomic E-state index is -0.409. The number of unbranched alkanes of at least 4 members (excludes halogenated alkanes) is 1. The van der Waals surface area contributed by atoms with Crippen LogP contribution in [0.2, 0.25) is 0 Å². The Morgan fingerprint density at radius 3 is 2.35 bits per heavy atom. The van der Waals surface area contributed by atoms with Crippen molar-refractivity contribution in [2.24, 2.45) is 11.8 Å². The molecule has 1 aliphatic carbocycles. The van der Waals surface area contributed by atoms with Crippen molar-refractivity contribution in [2.45, 2.75) is 38.1 Å². The topological polar surface area (TPSA) is 113 Å². The first-order valence-corrected chi connectivity index (χ1v) is 13.3. The van der Waals surface area contributed by atoms with Crippen molar-refractivity contribution < 1.29 is 38.4 Å². The van der Waals surface area contributed by atoms with Crippen LogP contribution in [0, 0.1) is 11.8 Å². The summed E-state index contributed by atoms with van der Waals surface area (Å²) in [6, 6.07) is 7.01. The number of carbonyl (C=O) groups excluding carboxylic acids is 2. The molecule has 37 heavy (non-hydrogen) atoms. The predicted molar refractivity (Wildman–Crippen MR) is 139 cm³/mol. The minimum Gasteiger partial charge on any atom is -0.502 e. The molecule has 2 aromatic carbocycles. The molecule has 1 aliphatic heterocycles. The normalized spacial score (nSPS) is 21.6. The average Bonchev–Trinajstić information content (AvgIpc) is 3.35. The first-order chi connectivity index (χ1) is 17.9. The number of alkyl halides is 1. The summed E-state index contributed by atoms with van der Waals surface area (Å²) in [4.78, 5) is 24.2. The fraction of sp³-hybridized carbons (Fsp3) is 0.481. The molecular formula is C27H32BrNO8. The van der Waals surface area contributed by atoms with Crippen LogP contribution in [0.4, 0.5) is 0 Å². The molecule has 0 radical (unpaired) electrons. The highest BCUT2D eigenvalue weighted by Gasteiger charge is 2.44. The molecule has 2 aromatic rings. The van der Waals surface area contributed by atoms with Crippen molar-refractivity contribution >= 4 is 28.3 Å². The van der Waals surface area contributed by atoms with Crippen LogP contribution in [0.25, 0.3) is 0 Å². The monoisotopic (exact) mass is 577 g/mol. The van der Waals surface area contributed by atoms with Crippen LogP contribution in [0.5, 0.6) is 28.7 Å². The van der Waals surface area contributed by atoms with Crippen molar-refractivity contribution in [2.75, 3.05) is 32.9 Å². The van der Waals surface area contributed by atoms with Crippen LogP contribution < -0.4 is 24.3 Å². The molecule has 1 amide bonds. The van der Waals surface area contributed by atoms with Crippen molar-refractivity contribution in [1.82, 2.24) is 5.32 Å². The number of hydrogen-bond donors (Lipinski definition) is 2. The second-order valence-electron chi connectivity index (χ2n) is 9.23. The summed E-state index contributed by atoms with van der Waals surface area (Å²) in [5.41, 5.74) is 2.66. The third-order valence-electron chi connectivity index (χ3n) is 7.20. The number of fused-ring (bicyclic) bond motifs is 2. The number of amides is 1. The van der Waals surface area contributed by atoms with Crippen LogP contribution in [0.3, 0.4) is 0 Å². The molecule has 4 atom stereocenters. The first-order valence-electron chi connectivity index (χ1n) is 12.2. The first kappa shape index (κ1) is 26.9. The summed E-state index contributed by atoms with van der Waals surface area (Å²) in [6.07, 6.45) is 2.06. The molecule has 0 saturated heterocycles. The van der Waals surface area contributed by atoms with E-state index < -0.39 is 6.04 Å². The number of methoxy groups -OCH3 is 2. The maximum Gasteiger partial charge on any atom is 0.293 e. The number of nitrogens with one attached hydrogen (secondary N) is 1. The van der Waals surface area contributed by atoms with E-state index in [1.807, 2.05) is 12.1 Å². The molecule has 4 rings (SSSR count). The lowest BCUT2D eigenvalue weighted by Gasteiger charge is -2.43. The van der Waals surface area contributed by atoms with E-state index in [0.29, 0.717) is 24.4 Å². The van der Waals surface area contributed by atoms with E-state index in [0.717, 1.165) is 34.9 Å². The van der Waals surface area contributed by atoms with Crippen molar-refractivity contribution in [3.05, 3.63) is 41.0 Å². The second kappa shape index (κ2) is 11.9. The van der Waals surface area contributed by atoms with E-state index in [2.05, 4.69) is 28.2 Å². The Labute approximate surface area is 224 Å². The highest BCUT2D eigenvalue weighted by Crippen LogP contribution is 2.53. The Balaban J connectivity index is 1.84. The van der Waals surface area contributed by atoms with E-state index in [9.17, 15) is 14.7 Å². The van der Waals surface area contributed by atoms with Crippen LogP contribution in [-0.4, -0.2) is 50.4 Å². The van der Waals surface area contributed by atoms with Gasteiger partial charge >= 0.3 is 0 Å². The Kier molecular flexibility index (Phi) is 8.68. The third-order valence-corrected chi connectivity index (χ3v) is 7.76. The van der Waals surface area contributed by atoms with Gasteiger partial charge in [-0.1, -0.05) is 22.9 Å². The standard InChI is InChI=1S/C27H32BrNO8/c1-15-19(12-35-13-30)26(29-24(31)6-4-5-7-28)18-11-21-20(36-14-37-21)10-17(18)25(15)16-8-22(33-2)27(32)23(9-16)34-3/h8-11,13,15,19,25-26,32H,4-7,12,14H2,1-3H3,(H,29,31). The van der Waals surface area contributed by atoms with Crippen molar-refractivity contribution in [3.63, 3.8) is 0 Å². The van der Waals surface area contributed by atoms with Crippen LogP contribution in [0.15, 0.2) is 24.3 Å². The summed E-state index contributed by atoms with van der Waals surface area (Å²) >= 11 is 3.41. The number of hydrogen-bond acceptors (Lipinski definition) is 8. The zero-order valence-electron chi connectivity index (χ0n) is 21.1. The highest BCUT2D eigenvalue weighted by molar-refractivity contribution is 9.09. The quantitative estimate of drug-likeness (QED) is 0.229. The lowest BCUT2D eigenvalue weighted by molar-refractivity contribution is -0.131. The molecule has 1 heterocycles. The molecule has 0 saturated carbocycles. The van der Waals surface area contributed by atoms with E-state index in [1.165, 1.54) is 14.2 Å². The molecule has 0 bridgehead atoms. The number of ether oxygens (including phenoxy) is 5. The number of carbonyl (C=O) groups is 2. The minimum absolute atomic E-state index is 0.0655. The molecule has 4 unspecified atom stereocenters. The Morgan fingerprint density at radius 2 is 1.76 bits per heavy atom. The van der Waals surface area contributed by atoms with Crippen molar-refractivity contribution in [3.8, 4) is 28.7 Å². The lowest BCUT2D eigenvalue weighted by Crippen LogP contribution is -2.43. The SMILES string of the molecule is COc1cc(C2c3cc4c(cc3C(NC(=O)CCCCBr)C(COC=O)C2C)OCO4)cc(OC)c1O. The van der Waals surface area contributed by atoms with Gasteiger partial charge in [-0.05, 0) is 59.7 Å². The molecule has 200 valence electrons. The summed E-state index contributed by atoms with van der Waals surface area (Å²) in [6.45, 7) is 2.72. The Hall–Kier alpha value is -3.14. The summed E-state index contributed by atoms with van der Waals surface area (Å²) in [5.74, 6) is 1.09. The van der Waals surface area contributed by atoms with Crippen LogP contribution in [0.1, 0.15) is 54.8 Å². The number of aromatic hydroxyl groups is 1. The third kappa shape index (κ3) is 5.44. The molecule has 0 fully saturated rings. The molecule has 10 heteroatoms. The summed E-state index contributed by atoms with van der Waals surface area (Å²) in [7, 11) is 2.97. The fourth-order valence-corrected chi connectivity index (χ4v) is 5.76. The summed E-state index contributed by atoms with van der Waals surface area (Å²) < 4.78 is 27.5. The second-order valence-corrected chi connectivity index (χ2v) is 10.0. The zero-order valence-corrected chi connectivity index (χ0v) is 22.7.